The highest BCUT2D eigenvalue weighted by Crippen LogP contribution is 2.37. The van der Waals surface area contributed by atoms with Crippen LogP contribution in [0.15, 0.2) is 48.9 Å². The summed E-state index contributed by atoms with van der Waals surface area (Å²) in [5, 5.41) is 20.2. The lowest BCUT2D eigenvalue weighted by molar-refractivity contribution is -0.152. The van der Waals surface area contributed by atoms with Crippen molar-refractivity contribution in [1.82, 2.24) is 24.7 Å². The summed E-state index contributed by atoms with van der Waals surface area (Å²) in [5.74, 6) is 1.11. The summed E-state index contributed by atoms with van der Waals surface area (Å²) >= 11 is 0. The molecular formula is C28H31N7O5. The number of ketones is 1. The van der Waals surface area contributed by atoms with Crippen LogP contribution in [0.1, 0.15) is 43.2 Å². The Hall–Kier alpha value is -5.00. The zero-order chi connectivity index (χ0) is 29.0. The number of anilines is 4. The Balaban J connectivity index is 1.66. The molecule has 3 aromatic heterocycles. The van der Waals surface area contributed by atoms with Crippen molar-refractivity contribution < 1.29 is 24.2 Å². The zero-order valence-corrected chi connectivity index (χ0v) is 23.1. The van der Waals surface area contributed by atoms with Crippen molar-refractivity contribution in [2.45, 2.75) is 39.7 Å². The van der Waals surface area contributed by atoms with Gasteiger partial charge in [0, 0.05) is 25.7 Å². The number of ether oxygens (including phenoxy) is 2. The molecule has 0 radical (unpaired) electrons. The first-order valence-corrected chi connectivity index (χ1v) is 12.5. The van der Waals surface area contributed by atoms with Crippen LogP contribution in [-0.2, 0) is 11.8 Å². The van der Waals surface area contributed by atoms with E-state index in [9.17, 15) is 14.7 Å². The van der Waals surface area contributed by atoms with E-state index in [0.717, 1.165) is 0 Å². The minimum absolute atomic E-state index is 0.0837. The fraction of sp³-hybridized carbons (Fsp3) is 0.286. The summed E-state index contributed by atoms with van der Waals surface area (Å²) < 4.78 is 12.9. The van der Waals surface area contributed by atoms with Crippen molar-refractivity contribution >= 4 is 34.8 Å². The quantitative estimate of drug-likeness (QED) is 0.220. The van der Waals surface area contributed by atoms with Gasteiger partial charge in [-0.25, -0.2) is 19.7 Å². The second-order valence-electron chi connectivity index (χ2n) is 9.47. The number of rotatable bonds is 11. The first kappa shape index (κ1) is 28.0. The first-order chi connectivity index (χ1) is 19.0. The van der Waals surface area contributed by atoms with Crippen LogP contribution in [0.3, 0.4) is 0 Å². The Kier molecular flexibility index (Phi) is 7.98. The smallest absolute Gasteiger partial charge is 0.347 e. The molecule has 4 rings (SSSR count). The molecular weight excluding hydrogens is 514 g/mol. The molecule has 4 aromatic rings. The summed E-state index contributed by atoms with van der Waals surface area (Å²) in [5.41, 5.74) is 1.34. The van der Waals surface area contributed by atoms with E-state index < -0.39 is 11.6 Å². The van der Waals surface area contributed by atoms with Gasteiger partial charge in [-0.1, -0.05) is 13.0 Å². The number of nitrogens with zero attached hydrogens (tertiary/aromatic N) is 5. The number of carboxylic acid groups (broad SMARTS) is 1. The van der Waals surface area contributed by atoms with Gasteiger partial charge < -0.3 is 25.2 Å². The first-order valence-electron chi connectivity index (χ1n) is 12.5. The van der Waals surface area contributed by atoms with Crippen LogP contribution in [0.5, 0.6) is 11.5 Å². The molecule has 3 heterocycles. The predicted molar refractivity (Wildman–Crippen MR) is 150 cm³/mol. The maximum absolute atomic E-state index is 12.8. The fourth-order valence-electron chi connectivity index (χ4n) is 3.85. The number of carboxylic acids is 1. The molecule has 0 aliphatic heterocycles. The van der Waals surface area contributed by atoms with Gasteiger partial charge in [0.2, 0.25) is 0 Å². The number of hydrogen-bond donors (Lipinski definition) is 3. The topological polar surface area (TPSA) is 153 Å². The Morgan fingerprint density at radius 2 is 1.85 bits per heavy atom. The number of nitrogens with one attached hydrogen (secondary N) is 2. The third kappa shape index (κ3) is 6.01. The highest BCUT2D eigenvalue weighted by atomic mass is 16.5. The van der Waals surface area contributed by atoms with Gasteiger partial charge >= 0.3 is 5.97 Å². The Morgan fingerprint density at radius 3 is 2.48 bits per heavy atom. The van der Waals surface area contributed by atoms with Gasteiger partial charge in [0.25, 0.3) is 0 Å². The molecule has 1 aromatic carbocycles. The number of carbonyl (C=O) groups excluding carboxylic acids is 1. The number of hydrogen-bond acceptors (Lipinski definition) is 10. The summed E-state index contributed by atoms with van der Waals surface area (Å²) in [6.07, 6.45) is 3.41. The lowest BCUT2D eigenvalue weighted by Gasteiger charge is -2.22. The van der Waals surface area contributed by atoms with Crippen LogP contribution in [0.25, 0.3) is 11.4 Å². The van der Waals surface area contributed by atoms with Crippen LogP contribution in [0.2, 0.25) is 0 Å². The number of carbonyl (C=O) groups is 2. The van der Waals surface area contributed by atoms with E-state index in [1.807, 2.05) is 18.2 Å². The number of methoxy groups -OCH3 is 1. The molecule has 0 amide bonds. The molecule has 0 fully saturated rings. The van der Waals surface area contributed by atoms with Gasteiger partial charge in [0.1, 0.15) is 23.7 Å². The van der Waals surface area contributed by atoms with E-state index in [0.29, 0.717) is 63.6 Å². The minimum atomic E-state index is -1.41. The molecule has 40 heavy (non-hydrogen) atoms. The molecule has 12 heteroatoms. The highest BCUT2D eigenvalue weighted by molar-refractivity contribution is 6.02. The standard InChI is InChI=1S/C28H31N7O5/c1-7-21(36)18-14-29-24(33-23-12-11-22(16(2)31-23)40-28(3,4)27(37)38)13-20(18)32-19-10-8-9-17(25(19)39-6)26-30-15-35(5)34-26/h8-15H,7H2,1-6H3,(H,37,38)(H2,29,31,32,33). The minimum Gasteiger partial charge on any atom is -0.494 e. The maximum Gasteiger partial charge on any atom is 0.347 e. The number of para-hydroxylation sites is 1. The molecule has 0 saturated heterocycles. The monoisotopic (exact) mass is 545 g/mol. The number of aryl methyl sites for hydroxylation is 2. The number of benzene rings is 1. The normalized spacial score (nSPS) is 11.2. The average molecular weight is 546 g/mol. The SMILES string of the molecule is CCC(=O)c1cnc(Nc2ccc(OC(C)(C)C(=O)O)c(C)n2)cc1Nc1cccc(-c2ncn(C)n2)c1OC. The molecule has 0 unspecified atom stereocenters. The zero-order valence-electron chi connectivity index (χ0n) is 23.1. The lowest BCUT2D eigenvalue weighted by atomic mass is 10.1. The second-order valence-corrected chi connectivity index (χ2v) is 9.47. The third-order valence-electron chi connectivity index (χ3n) is 6.03. The van der Waals surface area contributed by atoms with Gasteiger partial charge in [-0.3, -0.25) is 9.48 Å². The maximum atomic E-state index is 12.8. The predicted octanol–water partition coefficient (Wildman–Crippen LogP) is 4.91. The molecule has 0 bridgehead atoms. The van der Waals surface area contributed by atoms with E-state index in [4.69, 9.17) is 9.47 Å². The van der Waals surface area contributed by atoms with E-state index in [-0.39, 0.29) is 5.78 Å². The number of Topliss-reactive ketones (excluding diaryl/α,β-unsaturated/α-hetero) is 1. The molecule has 0 aliphatic carbocycles. The van der Waals surface area contributed by atoms with E-state index in [1.54, 1.807) is 57.2 Å². The molecule has 12 nitrogen and oxygen atoms in total. The van der Waals surface area contributed by atoms with Crippen LogP contribution >= 0.6 is 0 Å². The summed E-state index contributed by atoms with van der Waals surface area (Å²) in [7, 11) is 3.34. The van der Waals surface area contributed by atoms with E-state index in [1.165, 1.54) is 20.0 Å². The van der Waals surface area contributed by atoms with Crippen LogP contribution in [-0.4, -0.2) is 54.3 Å². The molecule has 0 saturated carbocycles. The molecule has 208 valence electrons. The van der Waals surface area contributed by atoms with Crippen LogP contribution < -0.4 is 20.1 Å². The summed E-state index contributed by atoms with van der Waals surface area (Å²) in [6.45, 7) is 6.44. The molecule has 0 atom stereocenters. The summed E-state index contributed by atoms with van der Waals surface area (Å²) in [6, 6.07) is 10.6. The van der Waals surface area contributed by atoms with Crippen molar-refractivity contribution in [2.75, 3.05) is 17.7 Å². The van der Waals surface area contributed by atoms with Gasteiger partial charge in [-0.05, 0) is 45.0 Å². The van der Waals surface area contributed by atoms with Gasteiger partial charge in [-0.2, -0.15) is 5.10 Å². The second kappa shape index (κ2) is 11.4. The number of aromatic nitrogens is 5. The van der Waals surface area contributed by atoms with Crippen molar-refractivity contribution in [1.29, 1.82) is 0 Å². The van der Waals surface area contributed by atoms with Crippen LogP contribution in [0, 0.1) is 6.92 Å². The Bertz CT molecular complexity index is 1560. The third-order valence-corrected chi connectivity index (χ3v) is 6.03. The van der Waals surface area contributed by atoms with Crippen molar-refractivity contribution in [3.8, 4) is 22.9 Å². The Morgan fingerprint density at radius 1 is 1.07 bits per heavy atom. The summed E-state index contributed by atoms with van der Waals surface area (Å²) in [4.78, 5) is 37.4. The van der Waals surface area contributed by atoms with E-state index in [2.05, 4.69) is 30.7 Å². The largest absolute Gasteiger partial charge is 0.494 e. The van der Waals surface area contributed by atoms with Gasteiger partial charge in [0.15, 0.2) is 23.0 Å². The molecule has 0 spiro atoms. The average Bonchev–Trinajstić information content (AvgIpc) is 3.35. The lowest BCUT2D eigenvalue weighted by Crippen LogP contribution is -2.38. The molecule has 0 aliphatic rings. The van der Waals surface area contributed by atoms with Crippen molar-refractivity contribution in [3.05, 3.63) is 60.2 Å². The van der Waals surface area contributed by atoms with Gasteiger partial charge in [0.05, 0.1) is 35.3 Å². The van der Waals surface area contributed by atoms with Crippen molar-refractivity contribution in [2.24, 2.45) is 7.05 Å². The van der Waals surface area contributed by atoms with E-state index >= 15 is 0 Å². The number of pyridine rings is 2. The van der Waals surface area contributed by atoms with Crippen LogP contribution in [0.4, 0.5) is 23.0 Å². The Labute approximate surface area is 231 Å². The van der Waals surface area contributed by atoms with Crippen molar-refractivity contribution in [3.63, 3.8) is 0 Å². The number of aliphatic carboxylic acids is 1. The fourth-order valence-corrected chi connectivity index (χ4v) is 3.85. The highest BCUT2D eigenvalue weighted by Gasteiger charge is 2.30. The van der Waals surface area contributed by atoms with Gasteiger partial charge in [-0.15, -0.1) is 0 Å². The molecule has 3 N–H and O–H groups in total.